The summed E-state index contributed by atoms with van der Waals surface area (Å²) >= 11 is 0. The fraction of sp³-hybridized carbons (Fsp3) is 0.556. The molecule has 1 atom stereocenters. The highest BCUT2D eigenvalue weighted by molar-refractivity contribution is 5.10. The minimum absolute atomic E-state index is 0.0627. The quantitative estimate of drug-likeness (QED) is 0.709. The summed E-state index contributed by atoms with van der Waals surface area (Å²) in [6.45, 7) is 2.10. The lowest BCUT2D eigenvalue weighted by Crippen LogP contribution is -2.19. The Balaban J connectivity index is 2.72. The summed E-state index contributed by atoms with van der Waals surface area (Å²) in [5, 5.41) is 11.9. The Kier molecular flexibility index (Phi) is 3.31. The minimum Gasteiger partial charge on any atom is -0.464 e. The van der Waals surface area contributed by atoms with Crippen LogP contribution in [0.2, 0.25) is 0 Å². The van der Waals surface area contributed by atoms with Gasteiger partial charge in [0.25, 0.3) is 0 Å². The van der Waals surface area contributed by atoms with Crippen molar-refractivity contribution in [3.05, 3.63) is 23.7 Å². The zero-order valence-electron chi connectivity index (χ0n) is 7.50. The van der Waals surface area contributed by atoms with Crippen LogP contribution in [0.1, 0.15) is 24.5 Å². The molecule has 1 heterocycles. The topological polar surface area (TPSA) is 45.4 Å². The van der Waals surface area contributed by atoms with Gasteiger partial charge in [0.2, 0.25) is 0 Å². The number of aryl methyl sites for hydroxylation is 1. The van der Waals surface area contributed by atoms with Crippen molar-refractivity contribution in [1.29, 1.82) is 0 Å². The number of likely N-dealkylation sites (N-methyl/N-ethyl adjacent to an activating group) is 1. The van der Waals surface area contributed by atoms with E-state index < -0.39 is 0 Å². The molecule has 0 radical (unpaired) electrons. The summed E-state index contributed by atoms with van der Waals surface area (Å²) in [5.41, 5.74) is 0. The molecule has 3 heteroatoms. The molecule has 68 valence electrons. The lowest BCUT2D eigenvalue weighted by atomic mass is 10.2. The third kappa shape index (κ3) is 1.87. The highest BCUT2D eigenvalue weighted by Gasteiger charge is 2.11. The second-order valence-corrected chi connectivity index (χ2v) is 2.68. The molecule has 0 aliphatic rings. The van der Waals surface area contributed by atoms with E-state index in [4.69, 9.17) is 9.52 Å². The Labute approximate surface area is 72.4 Å². The smallest absolute Gasteiger partial charge is 0.123 e. The van der Waals surface area contributed by atoms with Gasteiger partial charge in [0.15, 0.2) is 0 Å². The Hall–Kier alpha value is -0.800. The standard InChI is InChI=1S/C9H15NO2/c1-3-7-4-5-9(12-7)8(6-11)10-2/h4-5,8,10-11H,3,6H2,1-2H3. The Morgan fingerprint density at radius 1 is 1.58 bits per heavy atom. The van der Waals surface area contributed by atoms with Crippen LogP contribution < -0.4 is 5.32 Å². The zero-order valence-corrected chi connectivity index (χ0v) is 7.50. The van der Waals surface area contributed by atoms with Crippen molar-refractivity contribution in [2.45, 2.75) is 19.4 Å². The highest BCUT2D eigenvalue weighted by atomic mass is 16.3. The van der Waals surface area contributed by atoms with E-state index in [0.717, 1.165) is 17.9 Å². The lowest BCUT2D eigenvalue weighted by molar-refractivity contribution is 0.231. The number of furan rings is 1. The lowest BCUT2D eigenvalue weighted by Gasteiger charge is -2.08. The number of aliphatic hydroxyl groups excluding tert-OH is 1. The largest absolute Gasteiger partial charge is 0.464 e. The normalized spacial score (nSPS) is 13.2. The van der Waals surface area contributed by atoms with E-state index in [1.54, 1.807) is 7.05 Å². The fourth-order valence-corrected chi connectivity index (χ4v) is 1.10. The molecule has 0 fully saturated rings. The highest BCUT2D eigenvalue weighted by Crippen LogP contribution is 2.15. The van der Waals surface area contributed by atoms with Gasteiger partial charge in [0, 0.05) is 6.42 Å². The van der Waals surface area contributed by atoms with Gasteiger partial charge >= 0.3 is 0 Å². The van der Waals surface area contributed by atoms with Crippen LogP contribution in [0.4, 0.5) is 0 Å². The first-order chi connectivity index (χ1) is 5.81. The van der Waals surface area contributed by atoms with Crippen molar-refractivity contribution in [2.24, 2.45) is 0 Å². The van der Waals surface area contributed by atoms with Crippen LogP contribution >= 0.6 is 0 Å². The Morgan fingerprint density at radius 2 is 2.33 bits per heavy atom. The third-order valence-corrected chi connectivity index (χ3v) is 1.91. The van der Waals surface area contributed by atoms with E-state index >= 15 is 0 Å². The van der Waals surface area contributed by atoms with Gasteiger partial charge in [-0.05, 0) is 19.2 Å². The van der Waals surface area contributed by atoms with Gasteiger partial charge in [0.1, 0.15) is 11.5 Å². The van der Waals surface area contributed by atoms with Gasteiger partial charge < -0.3 is 14.8 Å². The van der Waals surface area contributed by atoms with Crippen molar-refractivity contribution in [2.75, 3.05) is 13.7 Å². The first kappa shape index (κ1) is 9.29. The molecule has 0 saturated carbocycles. The van der Waals surface area contributed by atoms with Gasteiger partial charge in [-0.2, -0.15) is 0 Å². The molecule has 1 aromatic rings. The second kappa shape index (κ2) is 4.28. The molecule has 0 bridgehead atoms. The fourth-order valence-electron chi connectivity index (χ4n) is 1.10. The molecule has 0 aliphatic carbocycles. The molecular weight excluding hydrogens is 154 g/mol. The number of nitrogens with one attached hydrogen (secondary N) is 1. The average Bonchev–Trinajstić information content (AvgIpc) is 2.55. The van der Waals surface area contributed by atoms with Gasteiger partial charge in [-0.1, -0.05) is 6.92 Å². The summed E-state index contributed by atoms with van der Waals surface area (Å²) in [6, 6.07) is 3.76. The van der Waals surface area contributed by atoms with Crippen molar-refractivity contribution in [3.63, 3.8) is 0 Å². The molecule has 12 heavy (non-hydrogen) atoms. The molecule has 1 aromatic heterocycles. The zero-order chi connectivity index (χ0) is 8.97. The van der Waals surface area contributed by atoms with E-state index in [1.165, 1.54) is 0 Å². The van der Waals surface area contributed by atoms with E-state index in [2.05, 4.69) is 5.32 Å². The molecule has 0 saturated heterocycles. The predicted molar refractivity (Wildman–Crippen MR) is 47.0 cm³/mol. The van der Waals surface area contributed by atoms with Crippen LogP contribution in [-0.4, -0.2) is 18.8 Å². The molecular formula is C9H15NO2. The first-order valence-electron chi connectivity index (χ1n) is 4.18. The van der Waals surface area contributed by atoms with Crippen molar-refractivity contribution >= 4 is 0 Å². The van der Waals surface area contributed by atoms with E-state index in [9.17, 15) is 0 Å². The summed E-state index contributed by atoms with van der Waals surface area (Å²) in [4.78, 5) is 0. The van der Waals surface area contributed by atoms with E-state index in [0.29, 0.717) is 0 Å². The maximum absolute atomic E-state index is 8.94. The molecule has 3 nitrogen and oxygen atoms in total. The second-order valence-electron chi connectivity index (χ2n) is 2.68. The number of aliphatic hydroxyl groups is 1. The molecule has 0 aliphatic heterocycles. The molecule has 1 unspecified atom stereocenters. The Morgan fingerprint density at radius 3 is 2.75 bits per heavy atom. The van der Waals surface area contributed by atoms with Gasteiger partial charge in [0.05, 0.1) is 12.6 Å². The maximum Gasteiger partial charge on any atom is 0.123 e. The van der Waals surface area contributed by atoms with Crippen molar-refractivity contribution in [3.8, 4) is 0 Å². The first-order valence-corrected chi connectivity index (χ1v) is 4.18. The average molecular weight is 169 g/mol. The molecule has 0 aromatic carbocycles. The predicted octanol–water partition coefficient (Wildman–Crippen LogP) is 1.09. The molecule has 2 N–H and O–H groups in total. The van der Waals surface area contributed by atoms with Crippen LogP contribution in [0, 0.1) is 0 Å². The van der Waals surface area contributed by atoms with Crippen LogP contribution in [-0.2, 0) is 6.42 Å². The number of hydrogen-bond donors (Lipinski definition) is 2. The van der Waals surface area contributed by atoms with Crippen LogP contribution in [0.25, 0.3) is 0 Å². The summed E-state index contributed by atoms with van der Waals surface area (Å²) in [5.74, 6) is 1.76. The van der Waals surface area contributed by atoms with Crippen molar-refractivity contribution in [1.82, 2.24) is 5.32 Å². The number of rotatable bonds is 4. The molecule has 0 spiro atoms. The minimum atomic E-state index is -0.0784. The monoisotopic (exact) mass is 169 g/mol. The van der Waals surface area contributed by atoms with Crippen molar-refractivity contribution < 1.29 is 9.52 Å². The Bertz CT molecular complexity index is 228. The summed E-state index contributed by atoms with van der Waals surface area (Å²) in [7, 11) is 1.80. The third-order valence-electron chi connectivity index (χ3n) is 1.91. The van der Waals surface area contributed by atoms with E-state index in [1.807, 2.05) is 19.1 Å². The molecule has 0 amide bonds. The van der Waals surface area contributed by atoms with Gasteiger partial charge in [-0.25, -0.2) is 0 Å². The van der Waals surface area contributed by atoms with Gasteiger partial charge in [-0.3, -0.25) is 0 Å². The maximum atomic E-state index is 8.94. The number of hydrogen-bond acceptors (Lipinski definition) is 3. The van der Waals surface area contributed by atoms with Gasteiger partial charge in [-0.15, -0.1) is 0 Å². The summed E-state index contributed by atoms with van der Waals surface area (Å²) in [6.07, 6.45) is 0.891. The van der Waals surface area contributed by atoms with E-state index in [-0.39, 0.29) is 12.6 Å². The SMILES string of the molecule is CCc1ccc(C(CO)NC)o1. The van der Waals surface area contributed by atoms with Crippen LogP contribution in [0.3, 0.4) is 0 Å². The van der Waals surface area contributed by atoms with Crippen LogP contribution in [0.5, 0.6) is 0 Å². The van der Waals surface area contributed by atoms with Crippen LogP contribution in [0.15, 0.2) is 16.5 Å². The molecule has 1 rings (SSSR count). The summed E-state index contributed by atoms with van der Waals surface area (Å²) < 4.78 is 5.45.